The van der Waals surface area contributed by atoms with Crippen LogP contribution in [0.15, 0.2) is 60.7 Å². The molecule has 0 fully saturated rings. The Hall–Kier alpha value is -3.14. The highest BCUT2D eigenvalue weighted by atomic mass is 16.2. The lowest BCUT2D eigenvalue weighted by Gasteiger charge is -2.10. The summed E-state index contributed by atoms with van der Waals surface area (Å²) in [6, 6.07) is 19.2. The van der Waals surface area contributed by atoms with Gasteiger partial charge < -0.3 is 10.6 Å². The molecule has 2 amide bonds. The van der Waals surface area contributed by atoms with Crippen LogP contribution < -0.4 is 10.6 Å². The molecule has 0 heterocycles. The molecule has 0 saturated heterocycles. The molecular formula is C21H20N2O2. The molecule has 4 heteroatoms. The molecule has 0 atom stereocenters. The summed E-state index contributed by atoms with van der Waals surface area (Å²) in [7, 11) is 0. The van der Waals surface area contributed by atoms with Gasteiger partial charge in [-0.25, -0.2) is 0 Å². The Balaban J connectivity index is 1.65. The first-order chi connectivity index (χ1) is 12.0. The number of nitrogens with one attached hydrogen (secondary N) is 2. The van der Waals surface area contributed by atoms with Gasteiger partial charge in [0.05, 0.1) is 6.54 Å². The topological polar surface area (TPSA) is 58.2 Å². The van der Waals surface area contributed by atoms with Crippen molar-refractivity contribution in [3.63, 3.8) is 0 Å². The summed E-state index contributed by atoms with van der Waals surface area (Å²) in [5, 5.41) is 7.56. The molecule has 0 radical (unpaired) electrons. The summed E-state index contributed by atoms with van der Waals surface area (Å²) in [4.78, 5) is 24.4. The first kappa shape index (κ1) is 16.7. The summed E-state index contributed by atoms with van der Waals surface area (Å²) in [6.45, 7) is 3.81. The third kappa shape index (κ3) is 4.04. The van der Waals surface area contributed by atoms with Crippen molar-refractivity contribution in [1.29, 1.82) is 0 Å². The predicted octanol–water partition coefficient (Wildman–Crippen LogP) is 3.83. The van der Waals surface area contributed by atoms with Gasteiger partial charge in [0.15, 0.2) is 0 Å². The van der Waals surface area contributed by atoms with Gasteiger partial charge in [-0.3, -0.25) is 9.59 Å². The molecule has 3 aromatic rings. The fourth-order valence-electron chi connectivity index (χ4n) is 2.90. The highest BCUT2D eigenvalue weighted by Gasteiger charge is 2.10. The van der Waals surface area contributed by atoms with Crippen LogP contribution in [0.5, 0.6) is 0 Å². The maximum Gasteiger partial charge on any atom is 0.251 e. The Morgan fingerprint density at radius 3 is 2.32 bits per heavy atom. The third-order valence-electron chi connectivity index (χ3n) is 3.96. The average Bonchev–Trinajstić information content (AvgIpc) is 2.59. The summed E-state index contributed by atoms with van der Waals surface area (Å²) < 4.78 is 0. The number of aryl methyl sites for hydroxylation is 2. The van der Waals surface area contributed by atoms with Gasteiger partial charge in [0.1, 0.15) is 0 Å². The SMILES string of the molecule is Cc1cc(C)cc(C(=O)NCC(=O)Nc2cccc3ccccc23)c1. The van der Waals surface area contributed by atoms with Crippen molar-refractivity contribution >= 4 is 28.3 Å². The van der Waals surface area contributed by atoms with Crippen molar-refractivity contribution < 1.29 is 9.59 Å². The molecule has 3 rings (SSSR count). The average molecular weight is 332 g/mol. The van der Waals surface area contributed by atoms with E-state index >= 15 is 0 Å². The highest BCUT2D eigenvalue weighted by molar-refractivity contribution is 6.04. The van der Waals surface area contributed by atoms with Gasteiger partial charge in [0.2, 0.25) is 5.91 Å². The van der Waals surface area contributed by atoms with Crippen molar-refractivity contribution in [2.75, 3.05) is 11.9 Å². The van der Waals surface area contributed by atoms with Gasteiger partial charge in [-0.05, 0) is 37.4 Å². The van der Waals surface area contributed by atoms with Crippen LogP contribution in [0.2, 0.25) is 0 Å². The van der Waals surface area contributed by atoms with Crippen LogP contribution in [0, 0.1) is 13.8 Å². The molecule has 0 aromatic heterocycles. The van der Waals surface area contributed by atoms with E-state index in [0.29, 0.717) is 5.56 Å². The maximum absolute atomic E-state index is 12.2. The van der Waals surface area contributed by atoms with Gasteiger partial charge in [-0.1, -0.05) is 53.6 Å². The fraction of sp³-hybridized carbons (Fsp3) is 0.143. The van der Waals surface area contributed by atoms with E-state index in [2.05, 4.69) is 10.6 Å². The number of anilines is 1. The van der Waals surface area contributed by atoms with Crippen molar-refractivity contribution in [2.45, 2.75) is 13.8 Å². The number of hydrogen-bond acceptors (Lipinski definition) is 2. The Labute approximate surface area is 146 Å². The second-order valence-electron chi connectivity index (χ2n) is 6.13. The molecule has 2 N–H and O–H groups in total. The summed E-state index contributed by atoms with van der Waals surface area (Å²) in [5.74, 6) is -0.506. The minimum atomic E-state index is -0.255. The molecule has 0 aliphatic carbocycles. The van der Waals surface area contributed by atoms with Gasteiger partial charge >= 0.3 is 0 Å². The molecule has 0 saturated carbocycles. The molecule has 0 spiro atoms. The van der Waals surface area contributed by atoms with Gasteiger partial charge in [0.25, 0.3) is 5.91 Å². The Morgan fingerprint density at radius 1 is 0.880 bits per heavy atom. The zero-order valence-corrected chi connectivity index (χ0v) is 14.3. The lowest BCUT2D eigenvalue weighted by atomic mass is 10.1. The van der Waals surface area contributed by atoms with E-state index in [0.717, 1.165) is 27.6 Å². The number of rotatable bonds is 4. The van der Waals surface area contributed by atoms with E-state index in [1.54, 1.807) is 0 Å². The van der Waals surface area contributed by atoms with Crippen molar-refractivity contribution in [3.8, 4) is 0 Å². The summed E-state index contributed by atoms with van der Waals surface area (Å²) in [5.41, 5.74) is 3.34. The number of fused-ring (bicyclic) bond motifs is 1. The quantitative estimate of drug-likeness (QED) is 0.763. The molecule has 0 unspecified atom stereocenters. The minimum Gasteiger partial charge on any atom is -0.343 e. The standard InChI is InChI=1S/C21H20N2O2/c1-14-10-15(2)12-17(11-14)21(25)22-13-20(24)23-19-9-5-7-16-6-3-4-8-18(16)19/h3-12H,13H2,1-2H3,(H,22,25)(H,23,24). The largest absolute Gasteiger partial charge is 0.343 e. The maximum atomic E-state index is 12.2. The summed E-state index contributed by atoms with van der Waals surface area (Å²) >= 11 is 0. The van der Waals surface area contributed by atoms with Crippen LogP contribution in [0.25, 0.3) is 10.8 Å². The number of amides is 2. The van der Waals surface area contributed by atoms with Crippen LogP contribution in [0.1, 0.15) is 21.5 Å². The van der Waals surface area contributed by atoms with E-state index in [9.17, 15) is 9.59 Å². The minimum absolute atomic E-state index is 0.0744. The van der Waals surface area contributed by atoms with Crippen molar-refractivity contribution in [2.24, 2.45) is 0 Å². The van der Waals surface area contributed by atoms with Gasteiger partial charge in [0, 0.05) is 16.6 Å². The van der Waals surface area contributed by atoms with Crippen LogP contribution >= 0.6 is 0 Å². The lowest BCUT2D eigenvalue weighted by Crippen LogP contribution is -2.33. The van der Waals surface area contributed by atoms with E-state index in [1.165, 1.54) is 0 Å². The van der Waals surface area contributed by atoms with E-state index < -0.39 is 0 Å². The van der Waals surface area contributed by atoms with Crippen LogP contribution in [-0.2, 0) is 4.79 Å². The molecule has 126 valence electrons. The van der Waals surface area contributed by atoms with Crippen LogP contribution in [-0.4, -0.2) is 18.4 Å². The van der Waals surface area contributed by atoms with E-state index in [1.807, 2.05) is 74.5 Å². The first-order valence-electron chi connectivity index (χ1n) is 8.17. The molecule has 4 nitrogen and oxygen atoms in total. The molecule has 3 aromatic carbocycles. The predicted molar refractivity (Wildman–Crippen MR) is 101 cm³/mol. The normalized spacial score (nSPS) is 10.5. The van der Waals surface area contributed by atoms with Crippen molar-refractivity contribution in [1.82, 2.24) is 5.32 Å². The zero-order chi connectivity index (χ0) is 17.8. The molecule has 0 aliphatic heterocycles. The monoisotopic (exact) mass is 332 g/mol. The Morgan fingerprint density at radius 2 is 1.56 bits per heavy atom. The zero-order valence-electron chi connectivity index (χ0n) is 14.3. The van der Waals surface area contributed by atoms with E-state index in [-0.39, 0.29) is 18.4 Å². The van der Waals surface area contributed by atoms with Gasteiger partial charge in [-0.2, -0.15) is 0 Å². The second kappa shape index (κ2) is 7.18. The van der Waals surface area contributed by atoms with Crippen LogP contribution in [0.4, 0.5) is 5.69 Å². The molecule has 0 bridgehead atoms. The number of carbonyl (C=O) groups is 2. The Bertz CT molecular complexity index is 922. The molecular weight excluding hydrogens is 312 g/mol. The lowest BCUT2D eigenvalue weighted by molar-refractivity contribution is -0.115. The number of carbonyl (C=O) groups excluding carboxylic acids is 2. The second-order valence-corrected chi connectivity index (χ2v) is 6.13. The number of benzene rings is 3. The Kier molecular flexibility index (Phi) is 4.80. The van der Waals surface area contributed by atoms with Crippen molar-refractivity contribution in [3.05, 3.63) is 77.4 Å². The highest BCUT2D eigenvalue weighted by Crippen LogP contribution is 2.22. The number of hydrogen-bond donors (Lipinski definition) is 2. The molecule has 0 aliphatic rings. The third-order valence-corrected chi connectivity index (χ3v) is 3.96. The summed E-state index contributed by atoms with van der Waals surface area (Å²) in [6.07, 6.45) is 0. The first-order valence-corrected chi connectivity index (χ1v) is 8.17. The van der Waals surface area contributed by atoms with Gasteiger partial charge in [-0.15, -0.1) is 0 Å². The fourth-order valence-corrected chi connectivity index (χ4v) is 2.90. The van der Waals surface area contributed by atoms with E-state index in [4.69, 9.17) is 0 Å². The van der Waals surface area contributed by atoms with Crippen LogP contribution in [0.3, 0.4) is 0 Å². The smallest absolute Gasteiger partial charge is 0.251 e. The molecule has 25 heavy (non-hydrogen) atoms.